The van der Waals surface area contributed by atoms with Crippen LogP contribution in [0, 0.1) is 0 Å². The number of amides is 1. The van der Waals surface area contributed by atoms with Gasteiger partial charge in [0.25, 0.3) is 5.91 Å². The summed E-state index contributed by atoms with van der Waals surface area (Å²) in [7, 11) is 0. The van der Waals surface area contributed by atoms with E-state index in [0.717, 1.165) is 12.8 Å². The van der Waals surface area contributed by atoms with Crippen molar-refractivity contribution in [2.24, 2.45) is 5.73 Å². The molecule has 6 heteroatoms. The zero-order valence-electron chi connectivity index (χ0n) is 14.5. The third-order valence-corrected chi connectivity index (χ3v) is 3.72. The molecule has 0 aliphatic heterocycles. The summed E-state index contributed by atoms with van der Waals surface area (Å²) in [6, 6.07) is 3.30. The van der Waals surface area contributed by atoms with E-state index in [0.29, 0.717) is 12.2 Å². The van der Waals surface area contributed by atoms with Crippen LogP contribution in [0.1, 0.15) is 68.6 Å². The number of halogens is 1. The molecule has 0 radical (unpaired) electrons. The van der Waals surface area contributed by atoms with Gasteiger partial charge in [-0.2, -0.15) is 4.57 Å². The van der Waals surface area contributed by atoms with Crippen molar-refractivity contribution < 1.29 is 31.3 Å². The average Bonchev–Trinajstić information content (AvgIpc) is 2.53. The van der Waals surface area contributed by atoms with Gasteiger partial charge in [0.1, 0.15) is 5.56 Å². The second kappa shape index (κ2) is 13.8. The maximum atomic E-state index is 11.7. The minimum atomic E-state index is -0.508. The molecule has 1 amide bonds. The maximum absolute atomic E-state index is 11.7. The van der Waals surface area contributed by atoms with E-state index in [1.165, 1.54) is 38.5 Å². The number of rotatable bonds is 12. The van der Waals surface area contributed by atoms with Crippen LogP contribution < -0.4 is 22.7 Å². The number of carbonyl (C=O) groups is 2. The van der Waals surface area contributed by atoms with E-state index in [1.54, 1.807) is 29.1 Å². The Morgan fingerprint density at radius 1 is 1.08 bits per heavy atom. The predicted octanol–water partition coefficient (Wildman–Crippen LogP) is -0.239. The fraction of sp³-hybridized carbons (Fsp3) is 0.611. The van der Waals surface area contributed by atoms with Crippen molar-refractivity contribution >= 4 is 11.9 Å². The summed E-state index contributed by atoms with van der Waals surface area (Å²) in [6.45, 7) is 2.78. The summed E-state index contributed by atoms with van der Waals surface area (Å²) < 4.78 is 6.82. The second-order valence-corrected chi connectivity index (χ2v) is 5.82. The van der Waals surface area contributed by atoms with Gasteiger partial charge in [-0.05, 0) is 12.5 Å². The molecule has 24 heavy (non-hydrogen) atoms. The molecule has 0 aromatic carbocycles. The Morgan fingerprint density at radius 2 is 1.71 bits per heavy atom. The molecule has 0 saturated carbocycles. The van der Waals surface area contributed by atoms with Gasteiger partial charge in [-0.1, -0.05) is 51.9 Å². The highest BCUT2D eigenvalue weighted by Crippen LogP contribution is 2.08. The lowest BCUT2D eigenvalue weighted by molar-refractivity contribution is -0.686. The highest BCUT2D eigenvalue weighted by Gasteiger charge is 2.12. The zero-order valence-corrected chi connectivity index (χ0v) is 15.3. The van der Waals surface area contributed by atoms with Gasteiger partial charge in [-0.25, -0.2) is 4.79 Å². The molecule has 1 heterocycles. The molecule has 0 fully saturated rings. The SMILES string of the molecule is CCCCCCCCCCOC(=O)C[n+]1cccc(C(N)=O)c1.[Cl-]. The van der Waals surface area contributed by atoms with Crippen molar-refractivity contribution in [2.45, 2.75) is 64.8 Å². The first-order valence-electron chi connectivity index (χ1n) is 8.58. The van der Waals surface area contributed by atoms with E-state index < -0.39 is 5.91 Å². The number of esters is 1. The van der Waals surface area contributed by atoms with Crippen molar-refractivity contribution in [1.29, 1.82) is 0 Å². The molecule has 1 aromatic heterocycles. The number of hydrogen-bond acceptors (Lipinski definition) is 3. The van der Waals surface area contributed by atoms with Crippen molar-refractivity contribution in [1.82, 2.24) is 0 Å². The van der Waals surface area contributed by atoms with Crippen LogP contribution in [0.15, 0.2) is 24.5 Å². The molecule has 0 saturated heterocycles. The standard InChI is InChI=1S/C18H28N2O3.ClH/c1-2-3-4-5-6-7-8-9-13-23-17(21)15-20-12-10-11-16(14-20)18(19)22;/h10-12,14H,2-9,13,15H2,1H3,(H-,19,22);1H. The molecule has 0 unspecified atom stereocenters. The minimum absolute atomic E-state index is 0. The van der Waals surface area contributed by atoms with Crippen molar-refractivity contribution in [3.05, 3.63) is 30.1 Å². The largest absolute Gasteiger partial charge is 1.00 e. The molecule has 1 rings (SSSR count). The molecule has 0 aliphatic carbocycles. The lowest BCUT2D eigenvalue weighted by atomic mass is 10.1. The number of aromatic nitrogens is 1. The summed E-state index contributed by atoms with van der Waals surface area (Å²) >= 11 is 0. The molecular weight excluding hydrogens is 328 g/mol. The number of pyridine rings is 1. The van der Waals surface area contributed by atoms with Crippen LogP contribution >= 0.6 is 0 Å². The maximum Gasteiger partial charge on any atom is 0.372 e. The Hall–Kier alpha value is -1.62. The second-order valence-electron chi connectivity index (χ2n) is 5.82. The van der Waals surface area contributed by atoms with E-state index >= 15 is 0 Å². The summed E-state index contributed by atoms with van der Waals surface area (Å²) in [6.07, 6.45) is 13.0. The smallest absolute Gasteiger partial charge is 0.372 e. The van der Waals surface area contributed by atoms with Crippen LogP contribution in [0.4, 0.5) is 0 Å². The Morgan fingerprint density at radius 3 is 2.33 bits per heavy atom. The minimum Gasteiger partial charge on any atom is -1.00 e. The molecule has 2 N–H and O–H groups in total. The normalized spacial score (nSPS) is 10.0. The van der Waals surface area contributed by atoms with Crippen LogP contribution in [-0.4, -0.2) is 18.5 Å². The molecule has 0 spiro atoms. The zero-order chi connectivity index (χ0) is 16.9. The van der Waals surface area contributed by atoms with Crippen molar-refractivity contribution in [2.75, 3.05) is 6.61 Å². The van der Waals surface area contributed by atoms with Crippen LogP contribution in [0.25, 0.3) is 0 Å². The van der Waals surface area contributed by atoms with Crippen LogP contribution in [0.5, 0.6) is 0 Å². The Bertz CT molecular complexity index is 495. The van der Waals surface area contributed by atoms with Crippen molar-refractivity contribution in [3.63, 3.8) is 0 Å². The third-order valence-electron chi connectivity index (χ3n) is 3.72. The fourth-order valence-electron chi connectivity index (χ4n) is 2.38. The van der Waals surface area contributed by atoms with Crippen molar-refractivity contribution in [3.8, 4) is 0 Å². The monoisotopic (exact) mass is 356 g/mol. The number of carbonyl (C=O) groups excluding carboxylic acids is 2. The average molecular weight is 357 g/mol. The molecule has 0 atom stereocenters. The molecule has 0 bridgehead atoms. The summed E-state index contributed by atoms with van der Waals surface area (Å²) in [5, 5.41) is 0. The highest BCUT2D eigenvalue weighted by molar-refractivity contribution is 5.92. The van der Waals surface area contributed by atoms with Crippen LogP contribution in [-0.2, 0) is 16.1 Å². The fourth-order valence-corrected chi connectivity index (χ4v) is 2.38. The van der Waals surface area contributed by atoms with E-state index in [2.05, 4.69) is 6.92 Å². The third kappa shape index (κ3) is 10.2. The van der Waals surface area contributed by atoms with E-state index in [9.17, 15) is 9.59 Å². The van der Waals surface area contributed by atoms with E-state index in [4.69, 9.17) is 10.5 Å². The first kappa shape index (κ1) is 22.4. The number of nitrogens with two attached hydrogens (primary N) is 1. The first-order chi connectivity index (χ1) is 11.1. The summed E-state index contributed by atoms with van der Waals surface area (Å²) in [4.78, 5) is 22.8. The predicted molar refractivity (Wildman–Crippen MR) is 88.7 cm³/mol. The topological polar surface area (TPSA) is 73.3 Å². The number of unbranched alkanes of at least 4 members (excludes halogenated alkanes) is 7. The van der Waals surface area contributed by atoms with Gasteiger partial charge in [0.05, 0.1) is 6.61 Å². The number of ether oxygens (including phenoxy) is 1. The molecule has 0 aliphatic rings. The quantitative estimate of drug-likeness (QED) is 0.319. The molecule has 136 valence electrons. The van der Waals surface area contributed by atoms with Gasteiger partial charge in [0, 0.05) is 6.07 Å². The Balaban J connectivity index is 0.00000529. The number of hydrogen-bond donors (Lipinski definition) is 1. The van der Waals surface area contributed by atoms with Crippen LogP contribution in [0.3, 0.4) is 0 Å². The van der Waals surface area contributed by atoms with Gasteiger partial charge < -0.3 is 22.9 Å². The summed E-state index contributed by atoms with van der Waals surface area (Å²) in [5.74, 6) is -0.800. The first-order valence-corrected chi connectivity index (χ1v) is 8.58. The van der Waals surface area contributed by atoms with Gasteiger partial charge >= 0.3 is 5.97 Å². The number of primary amides is 1. The van der Waals surface area contributed by atoms with E-state index in [1.807, 2.05) is 0 Å². The van der Waals surface area contributed by atoms with E-state index in [-0.39, 0.29) is 24.9 Å². The Kier molecular flexibility index (Phi) is 12.9. The van der Waals surface area contributed by atoms with Gasteiger partial charge in [-0.15, -0.1) is 0 Å². The summed E-state index contributed by atoms with van der Waals surface area (Å²) in [5.41, 5.74) is 5.59. The lowest BCUT2D eigenvalue weighted by Gasteiger charge is -2.04. The number of nitrogens with zero attached hydrogens (tertiary/aromatic N) is 1. The van der Waals surface area contributed by atoms with Gasteiger partial charge in [0.15, 0.2) is 12.4 Å². The lowest BCUT2D eigenvalue weighted by Crippen LogP contribution is -3.00. The highest BCUT2D eigenvalue weighted by atomic mass is 35.5. The Labute approximate surface area is 151 Å². The van der Waals surface area contributed by atoms with Gasteiger partial charge in [0.2, 0.25) is 6.54 Å². The van der Waals surface area contributed by atoms with Gasteiger partial charge in [-0.3, -0.25) is 4.79 Å². The molecular formula is C18H29ClN2O3. The molecule has 1 aromatic rings. The van der Waals surface area contributed by atoms with Crippen LogP contribution in [0.2, 0.25) is 0 Å². The molecule has 5 nitrogen and oxygen atoms in total.